The summed E-state index contributed by atoms with van der Waals surface area (Å²) in [7, 11) is 0. The molecule has 5 nitrogen and oxygen atoms in total. The molecule has 0 unspecified atom stereocenters. The zero-order chi connectivity index (χ0) is 13.8. The molecule has 98 valence electrons. The molecule has 0 spiro atoms. The average molecular weight is 292 g/mol. The summed E-state index contributed by atoms with van der Waals surface area (Å²) in [5.41, 5.74) is 6.44. The monoisotopic (exact) mass is 292 g/mol. The van der Waals surface area contributed by atoms with Gasteiger partial charge in [-0.1, -0.05) is 12.2 Å². The zero-order valence-corrected chi connectivity index (χ0v) is 11.8. The molecule has 2 aromatic rings. The van der Waals surface area contributed by atoms with Crippen molar-refractivity contribution in [2.75, 3.05) is 0 Å². The number of thiazole rings is 1. The standard InChI is InChI=1S/C12H12N4OS2/c1-7-14-5-9(19-7)6-16-12(17)10-3-2-8(4-15-10)11(13)18/h2-5H,6H2,1H3,(H2,13,18)(H,16,17). The molecule has 0 saturated carbocycles. The number of nitrogens with zero attached hydrogens (tertiary/aromatic N) is 2. The van der Waals surface area contributed by atoms with Crippen molar-refractivity contribution >= 4 is 34.5 Å². The van der Waals surface area contributed by atoms with Crippen LogP contribution >= 0.6 is 23.6 Å². The van der Waals surface area contributed by atoms with E-state index in [0.717, 1.165) is 9.88 Å². The molecule has 0 aliphatic rings. The Labute approximate surface area is 119 Å². The van der Waals surface area contributed by atoms with Gasteiger partial charge in [-0.05, 0) is 19.1 Å². The minimum absolute atomic E-state index is 0.236. The van der Waals surface area contributed by atoms with E-state index in [1.165, 1.54) is 6.20 Å². The number of hydrogen-bond donors (Lipinski definition) is 2. The van der Waals surface area contributed by atoms with E-state index in [-0.39, 0.29) is 10.9 Å². The highest BCUT2D eigenvalue weighted by atomic mass is 32.1. The van der Waals surface area contributed by atoms with Crippen LogP contribution in [0.4, 0.5) is 0 Å². The first kappa shape index (κ1) is 13.6. The van der Waals surface area contributed by atoms with Crippen LogP contribution in [0, 0.1) is 6.92 Å². The second-order valence-electron chi connectivity index (χ2n) is 3.82. The number of hydrogen-bond acceptors (Lipinski definition) is 5. The summed E-state index contributed by atoms with van der Waals surface area (Å²) in [4.78, 5) is 21.3. The van der Waals surface area contributed by atoms with E-state index in [9.17, 15) is 4.79 Å². The highest BCUT2D eigenvalue weighted by Gasteiger charge is 2.08. The number of pyridine rings is 1. The third kappa shape index (κ3) is 3.55. The van der Waals surface area contributed by atoms with Crippen molar-refractivity contribution in [1.82, 2.24) is 15.3 Å². The fourth-order valence-corrected chi connectivity index (χ4v) is 2.27. The summed E-state index contributed by atoms with van der Waals surface area (Å²) in [5, 5.41) is 3.76. The molecule has 19 heavy (non-hydrogen) atoms. The number of carbonyl (C=O) groups is 1. The Morgan fingerprint density at radius 2 is 2.21 bits per heavy atom. The average Bonchev–Trinajstić information content (AvgIpc) is 2.82. The smallest absolute Gasteiger partial charge is 0.270 e. The van der Waals surface area contributed by atoms with Crippen molar-refractivity contribution < 1.29 is 4.79 Å². The molecule has 0 fully saturated rings. The van der Waals surface area contributed by atoms with Gasteiger partial charge in [-0.2, -0.15) is 0 Å². The van der Waals surface area contributed by atoms with Crippen LogP contribution in [0.15, 0.2) is 24.5 Å². The maximum atomic E-state index is 11.9. The lowest BCUT2D eigenvalue weighted by atomic mass is 10.2. The lowest BCUT2D eigenvalue weighted by molar-refractivity contribution is 0.0946. The van der Waals surface area contributed by atoms with Gasteiger partial charge in [0.2, 0.25) is 0 Å². The fourth-order valence-electron chi connectivity index (χ4n) is 1.42. The SMILES string of the molecule is Cc1ncc(CNC(=O)c2ccc(C(N)=S)cn2)s1. The largest absolute Gasteiger partial charge is 0.389 e. The molecule has 1 amide bonds. The molecule has 3 N–H and O–H groups in total. The van der Waals surface area contributed by atoms with Gasteiger partial charge in [-0.25, -0.2) is 4.98 Å². The molecule has 0 bridgehead atoms. The number of carbonyl (C=O) groups excluding carboxylic acids is 1. The molecular formula is C12H12N4OS2. The Kier molecular flexibility index (Phi) is 4.18. The van der Waals surface area contributed by atoms with Gasteiger partial charge in [0.25, 0.3) is 5.91 Å². The van der Waals surface area contributed by atoms with Crippen LogP contribution in [-0.2, 0) is 6.54 Å². The van der Waals surface area contributed by atoms with Crippen molar-refractivity contribution in [1.29, 1.82) is 0 Å². The van der Waals surface area contributed by atoms with E-state index in [4.69, 9.17) is 18.0 Å². The highest BCUT2D eigenvalue weighted by molar-refractivity contribution is 7.80. The summed E-state index contributed by atoms with van der Waals surface area (Å²) in [6.45, 7) is 2.37. The van der Waals surface area contributed by atoms with E-state index in [0.29, 0.717) is 17.8 Å². The fraction of sp³-hybridized carbons (Fsp3) is 0.167. The van der Waals surface area contributed by atoms with E-state index in [1.807, 2.05) is 6.92 Å². The molecule has 0 aliphatic heterocycles. The first-order valence-corrected chi connectivity index (χ1v) is 6.74. The summed E-state index contributed by atoms with van der Waals surface area (Å²) < 4.78 is 0. The van der Waals surface area contributed by atoms with Gasteiger partial charge >= 0.3 is 0 Å². The summed E-state index contributed by atoms with van der Waals surface area (Å²) >= 11 is 6.37. The van der Waals surface area contributed by atoms with Gasteiger partial charge in [0.1, 0.15) is 10.7 Å². The predicted octanol–water partition coefficient (Wildman–Crippen LogP) is 1.41. The van der Waals surface area contributed by atoms with Gasteiger partial charge in [-0.3, -0.25) is 9.78 Å². The molecule has 0 saturated heterocycles. The van der Waals surface area contributed by atoms with Crippen molar-refractivity contribution in [3.8, 4) is 0 Å². The third-order valence-corrected chi connectivity index (χ3v) is 3.52. The number of nitrogens with one attached hydrogen (secondary N) is 1. The minimum atomic E-state index is -0.236. The molecule has 0 atom stereocenters. The van der Waals surface area contributed by atoms with Crippen LogP contribution < -0.4 is 11.1 Å². The van der Waals surface area contributed by atoms with E-state index in [1.54, 1.807) is 29.7 Å². The van der Waals surface area contributed by atoms with Crippen LogP contribution in [-0.4, -0.2) is 20.9 Å². The van der Waals surface area contributed by atoms with E-state index >= 15 is 0 Å². The van der Waals surface area contributed by atoms with Crippen LogP contribution in [0.3, 0.4) is 0 Å². The molecule has 0 radical (unpaired) electrons. The van der Waals surface area contributed by atoms with Crippen LogP contribution in [0.2, 0.25) is 0 Å². The Hall–Kier alpha value is -1.86. The zero-order valence-electron chi connectivity index (χ0n) is 10.2. The van der Waals surface area contributed by atoms with Gasteiger partial charge in [0.05, 0.1) is 11.6 Å². The number of aromatic nitrogens is 2. The van der Waals surface area contributed by atoms with Crippen molar-refractivity contribution in [2.45, 2.75) is 13.5 Å². The molecule has 7 heteroatoms. The maximum Gasteiger partial charge on any atom is 0.270 e. The van der Waals surface area contributed by atoms with Crippen molar-refractivity contribution in [3.05, 3.63) is 45.7 Å². The number of rotatable bonds is 4. The van der Waals surface area contributed by atoms with Gasteiger partial charge < -0.3 is 11.1 Å². The van der Waals surface area contributed by atoms with Crippen LogP contribution in [0.25, 0.3) is 0 Å². The van der Waals surface area contributed by atoms with Gasteiger partial charge in [0, 0.05) is 22.8 Å². The van der Waals surface area contributed by atoms with Gasteiger partial charge in [-0.15, -0.1) is 11.3 Å². The number of amides is 1. The van der Waals surface area contributed by atoms with Crippen LogP contribution in [0.1, 0.15) is 25.9 Å². The lowest BCUT2D eigenvalue weighted by Gasteiger charge is -2.03. The number of aryl methyl sites for hydroxylation is 1. The summed E-state index contributed by atoms with van der Waals surface area (Å²) in [5.74, 6) is -0.236. The normalized spacial score (nSPS) is 10.2. The molecule has 2 heterocycles. The number of thiocarbonyl (C=S) groups is 1. The Morgan fingerprint density at radius 1 is 1.42 bits per heavy atom. The summed E-state index contributed by atoms with van der Waals surface area (Å²) in [6, 6.07) is 3.28. The second-order valence-corrected chi connectivity index (χ2v) is 5.58. The third-order valence-electron chi connectivity index (χ3n) is 2.37. The Morgan fingerprint density at radius 3 is 2.74 bits per heavy atom. The number of nitrogens with two attached hydrogens (primary N) is 1. The second kappa shape index (κ2) is 5.85. The molecule has 2 rings (SSSR count). The topological polar surface area (TPSA) is 80.9 Å². The van der Waals surface area contributed by atoms with Crippen molar-refractivity contribution in [2.24, 2.45) is 5.73 Å². The molecular weight excluding hydrogens is 280 g/mol. The quantitative estimate of drug-likeness (QED) is 0.833. The van der Waals surface area contributed by atoms with E-state index < -0.39 is 0 Å². The minimum Gasteiger partial charge on any atom is -0.389 e. The first-order valence-electron chi connectivity index (χ1n) is 5.51. The van der Waals surface area contributed by atoms with Crippen LogP contribution in [0.5, 0.6) is 0 Å². The summed E-state index contributed by atoms with van der Waals surface area (Å²) in [6.07, 6.45) is 3.25. The predicted molar refractivity (Wildman–Crippen MR) is 78.1 cm³/mol. The molecule has 0 aliphatic carbocycles. The first-order chi connectivity index (χ1) is 9.06. The Bertz CT molecular complexity index is 606. The van der Waals surface area contributed by atoms with Crippen molar-refractivity contribution in [3.63, 3.8) is 0 Å². The molecule has 0 aromatic carbocycles. The maximum absolute atomic E-state index is 11.9. The highest BCUT2D eigenvalue weighted by Crippen LogP contribution is 2.11. The molecule has 2 aromatic heterocycles. The van der Waals surface area contributed by atoms with Gasteiger partial charge in [0.15, 0.2) is 0 Å². The van der Waals surface area contributed by atoms with E-state index in [2.05, 4.69) is 15.3 Å². The lowest BCUT2D eigenvalue weighted by Crippen LogP contribution is -2.23. The Balaban J connectivity index is 1.98.